The Bertz CT molecular complexity index is 872. The summed E-state index contributed by atoms with van der Waals surface area (Å²) in [6, 6.07) is 10.8. The maximum Gasteiger partial charge on any atom is 0.258 e. The van der Waals surface area contributed by atoms with Gasteiger partial charge >= 0.3 is 0 Å². The summed E-state index contributed by atoms with van der Waals surface area (Å²) in [5, 5.41) is 0. The first-order valence-corrected chi connectivity index (χ1v) is 6.83. The minimum absolute atomic E-state index is 0.114. The Balaban J connectivity index is 1.66. The van der Waals surface area contributed by atoms with Crippen LogP contribution >= 0.6 is 0 Å². The molecule has 0 unspecified atom stereocenters. The number of amides is 1. The fourth-order valence-corrected chi connectivity index (χ4v) is 2.47. The van der Waals surface area contributed by atoms with Gasteiger partial charge < -0.3 is 19.4 Å². The zero-order valence-corrected chi connectivity index (χ0v) is 11.9. The predicted molar refractivity (Wildman–Crippen MR) is 81.4 cm³/mol. The number of rotatable bonds is 2. The van der Waals surface area contributed by atoms with Crippen molar-refractivity contribution in [1.29, 1.82) is 0 Å². The fourth-order valence-electron chi connectivity index (χ4n) is 2.47. The molecule has 4 rings (SSSR count). The summed E-state index contributed by atoms with van der Waals surface area (Å²) in [6.07, 6.45) is 1.63. The molecule has 1 amide bonds. The third kappa shape index (κ3) is 1.96. The minimum Gasteiger partial charge on any atom is -0.454 e. The Morgan fingerprint density at radius 3 is 2.95 bits per heavy atom. The number of anilines is 1. The molecular weight excluding hydrogens is 282 g/mol. The van der Waals surface area contributed by atoms with Gasteiger partial charge in [-0.2, -0.15) is 0 Å². The van der Waals surface area contributed by atoms with E-state index in [1.807, 2.05) is 18.2 Å². The lowest BCUT2D eigenvalue weighted by Crippen LogP contribution is -2.26. The summed E-state index contributed by atoms with van der Waals surface area (Å²) in [4.78, 5) is 21.4. The van der Waals surface area contributed by atoms with Crippen LogP contribution in [0.2, 0.25) is 0 Å². The third-order valence-electron chi connectivity index (χ3n) is 3.72. The van der Waals surface area contributed by atoms with Gasteiger partial charge in [-0.15, -0.1) is 0 Å². The van der Waals surface area contributed by atoms with E-state index in [1.165, 1.54) is 0 Å². The number of ether oxygens (including phenoxy) is 2. The highest BCUT2D eigenvalue weighted by Crippen LogP contribution is 2.33. The average Bonchev–Trinajstić information content (AvgIpc) is 3.20. The number of nitrogens with one attached hydrogen (secondary N) is 1. The molecule has 1 aromatic heterocycles. The highest BCUT2D eigenvalue weighted by molar-refractivity contribution is 6.06. The molecule has 0 saturated carbocycles. The molecule has 0 aliphatic carbocycles. The molecule has 2 heterocycles. The number of H-pyrrole nitrogens is 1. The van der Waals surface area contributed by atoms with Crippen LogP contribution in [0.3, 0.4) is 0 Å². The van der Waals surface area contributed by atoms with Gasteiger partial charge in [-0.3, -0.25) is 4.79 Å². The van der Waals surface area contributed by atoms with E-state index in [-0.39, 0.29) is 12.7 Å². The average molecular weight is 295 g/mol. The highest BCUT2D eigenvalue weighted by Gasteiger charge is 2.19. The first-order valence-electron chi connectivity index (χ1n) is 6.83. The monoisotopic (exact) mass is 295 g/mol. The van der Waals surface area contributed by atoms with Crippen LogP contribution in [0.15, 0.2) is 42.7 Å². The largest absolute Gasteiger partial charge is 0.454 e. The molecule has 6 heteroatoms. The molecule has 2 aromatic carbocycles. The van der Waals surface area contributed by atoms with Crippen molar-refractivity contribution in [3.05, 3.63) is 48.3 Å². The van der Waals surface area contributed by atoms with Crippen LogP contribution in [0, 0.1) is 0 Å². The molecule has 1 aliphatic rings. The van der Waals surface area contributed by atoms with Gasteiger partial charge in [-0.05, 0) is 36.4 Å². The number of benzene rings is 2. The molecule has 1 N–H and O–H groups in total. The fraction of sp³-hybridized carbons (Fsp3) is 0.125. The maximum absolute atomic E-state index is 12.6. The number of hydrogen-bond acceptors (Lipinski definition) is 4. The Labute approximate surface area is 126 Å². The van der Waals surface area contributed by atoms with Gasteiger partial charge in [-0.25, -0.2) is 4.98 Å². The number of nitrogens with zero attached hydrogens (tertiary/aromatic N) is 2. The molecule has 22 heavy (non-hydrogen) atoms. The summed E-state index contributed by atoms with van der Waals surface area (Å²) < 4.78 is 10.6. The van der Waals surface area contributed by atoms with Crippen molar-refractivity contribution in [2.45, 2.75) is 0 Å². The van der Waals surface area contributed by atoms with Gasteiger partial charge in [0.05, 0.1) is 17.4 Å². The van der Waals surface area contributed by atoms with Gasteiger partial charge in [0.1, 0.15) is 0 Å². The first-order chi connectivity index (χ1) is 10.7. The van der Waals surface area contributed by atoms with Crippen LogP contribution in [-0.4, -0.2) is 29.7 Å². The van der Waals surface area contributed by atoms with Crippen molar-refractivity contribution in [2.75, 3.05) is 18.7 Å². The molecule has 0 atom stereocenters. The standard InChI is InChI=1S/C16H13N3O3/c1-19(11-3-4-12-13(7-11)18-8-17-12)16(20)10-2-5-14-15(6-10)22-9-21-14/h2-8H,9H2,1H3,(H,17,18). The van der Waals surface area contributed by atoms with E-state index in [0.29, 0.717) is 17.1 Å². The van der Waals surface area contributed by atoms with Gasteiger partial charge in [0.25, 0.3) is 5.91 Å². The van der Waals surface area contributed by atoms with E-state index in [9.17, 15) is 4.79 Å². The Morgan fingerprint density at radius 2 is 2.05 bits per heavy atom. The van der Waals surface area contributed by atoms with Crippen molar-refractivity contribution in [3.8, 4) is 11.5 Å². The second kappa shape index (κ2) is 4.77. The van der Waals surface area contributed by atoms with Gasteiger partial charge in [-0.1, -0.05) is 0 Å². The number of aromatic nitrogens is 2. The number of fused-ring (bicyclic) bond motifs is 2. The summed E-state index contributed by atoms with van der Waals surface area (Å²) in [5.74, 6) is 1.15. The molecule has 6 nitrogen and oxygen atoms in total. The van der Waals surface area contributed by atoms with Crippen molar-refractivity contribution in [2.24, 2.45) is 0 Å². The minimum atomic E-state index is -0.114. The van der Waals surface area contributed by atoms with E-state index in [1.54, 1.807) is 36.5 Å². The topological polar surface area (TPSA) is 67.5 Å². The molecule has 0 saturated heterocycles. The molecule has 110 valence electrons. The SMILES string of the molecule is CN(C(=O)c1ccc2c(c1)OCO2)c1ccc2nc[nH]c2c1. The molecule has 0 bridgehead atoms. The summed E-state index contributed by atoms with van der Waals surface area (Å²) in [5.41, 5.74) is 3.10. The zero-order chi connectivity index (χ0) is 15.1. The van der Waals surface area contributed by atoms with Gasteiger partial charge in [0.2, 0.25) is 6.79 Å². The highest BCUT2D eigenvalue weighted by atomic mass is 16.7. The second-order valence-corrected chi connectivity index (χ2v) is 5.04. The van der Waals surface area contributed by atoms with Crippen molar-refractivity contribution < 1.29 is 14.3 Å². The van der Waals surface area contributed by atoms with Gasteiger partial charge in [0.15, 0.2) is 11.5 Å². The summed E-state index contributed by atoms with van der Waals surface area (Å²) in [7, 11) is 1.74. The predicted octanol–water partition coefficient (Wildman–Crippen LogP) is 2.57. The van der Waals surface area contributed by atoms with Crippen LogP contribution in [0.5, 0.6) is 11.5 Å². The molecule has 1 aliphatic heterocycles. The Hall–Kier alpha value is -3.02. The number of aromatic amines is 1. The van der Waals surface area contributed by atoms with E-state index in [4.69, 9.17) is 9.47 Å². The van der Waals surface area contributed by atoms with E-state index < -0.39 is 0 Å². The lowest BCUT2D eigenvalue weighted by atomic mass is 10.1. The van der Waals surface area contributed by atoms with Crippen LogP contribution in [0.4, 0.5) is 5.69 Å². The van der Waals surface area contributed by atoms with Crippen molar-refractivity contribution >= 4 is 22.6 Å². The number of carbonyl (C=O) groups is 1. The molecule has 0 spiro atoms. The van der Waals surface area contributed by atoms with Crippen LogP contribution in [0.25, 0.3) is 11.0 Å². The van der Waals surface area contributed by atoms with Crippen LogP contribution < -0.4 is 14.4 Å². The van der Waals surface area contributed by atoms with Gasteiger partial charge in [0, 0.05) is 18.3 Å². The third-order valence-corrected chi connectivity index (χ3v) is 3.72. The zero-order valence-electron chi connectivity index (χ0n) is 11.9. The number of carbonyl (C=O) groups excluding carboxylic acids is 1. The van der Waals surface area contributed by atoms with E-state index >= 15 is 0 Å². The number of imidazole rings is 1. The maximum atomic E-state index is 12.6. The summed E-state index contributed by atoms with van der Waals surface area (Å²) >= 11 is 0. The molecule has 0 fully saturated rings. The lowest BCUT2D eigenvalue weighted by Gasteiger charge is -2.17. The normalized spacial score (nSPS) is 12.6. The lowest BCUT2D eigenvalue weighted by molar-refractivity contribution is 0.0992. The van der Waals surface area contributed by atoms with Crippen molar-refractivity contribution in [3.63, 3.8) is 0 Å². The van der Waals surface area contributed by atoms with Crippen LogP contribution in [0.1, 0.15) is 10.4 Å². The molecule has 0 radical (unpaired) electrons. The first kappa shape index (κ1) is 12.7. The van der Waals surface area contributed by atoms with E-state index in [2.05, 4.69) is 9.97 Å². The van der Waals surface area contributed by atoms with Crippen LogP contribution in [-0.2, 0) is 0 Å². The molecular formula is C16H13N3O3. The smallest absolute Gasteiger partial charge is 0.258 e. The summed E-state index contributed by atoms with van der Waals surface area (Å²) in [6.45, 7) is 0.194. The second-order valence-electron chi connectivity index (χ2n) is 5.04. The Kier molecular flexibility index (Phi) is 2.75. The number of hydrogen-bond donors (Lipinski definition) is 1. The van der Waals surface area contributed by atoms with E-state index in [0.717, 1.165) is 16.7 Å². The van der Waals surface area contributed by atoms with Crippen molar-refractivity contribution in [1.82, 2.24) is 9.97 Å². The Morgan fingerprint density at radius 1 is 1.18 bits per heavy atom. The molecule has 3 aromatic rings. The quantitative estimate of drug-likeness (QED) is 0.789.